The highest BCUT2D eigenvalue weighted by atomic mass is 79.9. The van der Waals surface area contributed by atoms with Crippen molar-refractivity contribution in [2.45, 2.75) is 13.8 Å². The average Bonchev–Trinajstić information content (AvgIpc) is 2.36. The van der Waals surface area contributed by atoms with E-state index in [4.69, 9.17) is 11.6 Å². The number of halogens is 3. The Morgan fingerprint density at radius 1 is 1.16 bits per heavy atom. The molecule has 2 rings (SSSR count). The van der Waals surface area contributed by atoms with Crippen molar-refractivity contribution in [3.63, 3.8) is 0 Å². The van der Waals surface area contributed by atoms with Gasteiger partial charge in [0.05, 0.1) is 10.6 Å². The first-order valence-electron chi connectivity index (χ1n) is 5.67. The Bertz CT molecular complexity index is 667. The smallest absolute Gasteiger partial charge is 0.196 e. The molecule has 2 aromatic rings. The van der Waals surface area contributed by atoms with Gasteiger partial charge in [0.25, 0.3) is 0 Å². The van der Waals surface area contributed by atoms with Gasteiger partial charge in [-0.05, 0) is 49.2 Å². The fourth-order valence-electron chi connectivity index (χ4n) is 1.85. The molecule has 0 fully saturated rings. The van der Waals surface area contributed by atoms with Crippen molar-refractivity contribution in [1.29, 1.82) is 0 Å². The monoisotopic (exact) mass is 340 g/mol. The van der Waals surface area contributed by atoms with E-state index < -0.39 is 5.82 Å². The van der Waals surface area contributed by atoms with Crippen LogP contribution in [0, 0.1) is 19.7 Å². The maximum absolute atomic E-state index is 13.9. The summed E-state index contributed by atoms with van der Waals surface area (Å²) in [5, 5.41) is -0.0441. The maximum Gasteiger partial charge on any atom is 0.196 e. The molecule has 0 aliphatic heterocycles. The van der Waals surface area contributed by atoms with E-state index >= 15 is 0 Å². The number of hydrogen-bond acceptors (Lipinski definition) is 1. The van der Waals surface area contributed by atoms with Crippen molar-refractivity contribution >= 4 is 33.3 Å². The van der Waals surface area contributed by atoms with Crippen molar-refractivity contribution in [3.8, 4) is 0 Å². The Morgan fingerprint density at radius 2 is 1.84 bits per heavy atom. The molecule has 0 atom stereocenters. The molecular formula is C15H11BrClFO. The van der Waals surface area contributed by atoms with E-state index in [0.29, 0.717) is 5.56 Å². The van der Waals surface area contributed by atoms with Crippen LogP contribution in [0.5, 0.6) is 0 Å². The van der Waals surface area contributed by atoms with E-state index in [1.165, 1.54) is 12.1 Å². The van der Waals surface area contributed by atoms with Crippen LogP contribution in [0.1, 0.15) is 27.0 Å². The molecular weight excluding hydrogens is 331 g/mol. The molecule has 0 aliphatic carbocycles. The minimum Gasteiger partial charge on any atom is -0.288 e. The lowest BCUT2D eigenvalue weighted by Crippen LogP contribution is -2.07. The molecule has 0 bridgehead atoms. The van der Waals surface area contributed by atoms with Crippen LogP contribution < -0.4 is 0 Å². The predicted molar refractivity (Wildman–Crippen MR) is 78.5 cm³/mol. The van der Waals surface area contributed by atoms with E-state index in [0.717, 1.165) is 15.6 Å². The van der Waals surface area contributed by atoms with Gasteiger partial charge in [0.1, 0.15) is 0 Å². The minimum absolute atomic E-state index is 0.00248. The summed E-state index contributed by atoms with van der Waals surface area (Å²) in [6.07, 6.45) is 0. The molecule has 2 aromatic carbocycles. The molecule has 0 saturated carbocycles. The quantitative estimate of drug-likeness (QED) is 0.695. The molecule has 0 aromatic heterocycles. The molecule has 0 N–H and O–H groups in total. The number of ketones is 1. The van der Waals surface area contributed by atoms with Crippen molar-refractivity contribution < 1.29 is 9.18 Å². The molecule has 98 valence electrons. The number of benzene rings is 2. The van der Waals surface area contributed by atoms with Gasteiger partial charge in [-0.2, -0.15) is 0 Å². The van der Waals surface area contributed by atoms with Crippen molar-refractivity contribution in [3.05, 3.63) is 67.9 Å². The first-order chi connectivity index (χ1) is 8.91. The van der Waals surface area contributed by atoms with Gasteiger partial charge in [-0.15, -0.1) is 0 Å². The molecule has 0 saturated heterocycles. The van der Waals surface area contributed by atoms with Crippen LogP contribution in [-0.2, 0) is 0 Å². The Hall–Kier alpha value is -1.19. The average molecular weight is 342 g/mol. The summed E-state index contributed by atoms with van der Waals surface area (Å²) in [6, 6.07) is 8.04. The zero-order valence-electron chi connectivity index (χ0n) is 10.4. The normalized spacial score (nSPS) is 10.6. The van der Waals surface area contributed by atoms with Gasteiger partial charge in [-0.1, -0.05) is 33.6 Å². The predicted octanol–water partition coefficient (Wildman–Crippen LogP) is 5.09. The molecule has 4 heteroatoms. The van der Waals surface area contributed by atoms with Crippen molar-refractivity contribution in [2.75, 3.05) is 0 Å². The summed E-state index contributed by atoms with van der Waals surface area (Å²) in [5.74, 6) is -1.03. The number of hydrogen-bond donors (Lipinski definition) is 0. The maximum atomic E-state index is 13.9. The van der Waals surface area contributed by atoms with Gasteiger partial charge in [0, 0.05) is 10.0 Å². The first-order valence-corrected chi connectivity index (χ1v) is 6.84. The molecule has 0 spiro atoms. The van der Waals surface area contributed by atoms with Gasteiger partial charge >= 0.3 is 0 Å². The topological polar surface area (TPSA) is 17.1 Å². The third-order valence-electron chi connectivity index (χ3n) is 2.95. The highest BCUT2D eigenvalue weighted by Crippen LogP contribution is 2.25. The standard InChI is InChI=1S/C15H11BrClFO/c1-8-7-12(16)9(2)6-11(8)15(19)10-4-3-5-13(17)14(10)18/h3-7H,1-2H3. The summed E-state index contributed by atoms with van der Waals surface area (Å²) < 4.78 is 14.8. The van der Waals surface area contributed by atoms with Crippen LogP contribution in [-0.4, -0.2) is 5.78 Å². The Kier molecular flexibility index (Phi) is 4.07. The second-order valence-electron chi connectivity index (χ2n) is 4.35. The summed E-state index contributed by atoms with van der Waals surface area (Å²) in [5.41, 5.74) is 2.21. The van der Waals surface area contributed by atoms with E-state index in [-0.39, 0.29) is 16.4 Å². The van der Waals surface area contributed by atoms with E-state index in [1.807, 2.05) is 19.9 Å². The van der Waals surface area contributed by atoms with Crippen LogP contribution in [0.2, 0.25) is 5.02 Å². The second kappa shape index (κ2) is 5.43. The fraction of sp³-hybridized carbons (Fsp3) is 0.133. The third-order valence-corrected chi connectivity index (χ3v) is 4.09. The number of aryl methyl sites for hydroxylation is 2. The van der Waals surface area contributed by atoms with Gasteiger partial charge in [0.15, 0.2) is 11.6 Å². The van der Waals surface area contributed by atoms with Crippen LogP contribution in [0.3, 0.4) is 0 Å². The Balaban J connectivity index is 2.56. The van der Waals surface area contributed by atoms with Crippen molar-refractivity contribution in [1.82, 2.24) is 0 Å². The van der Waals surface area contributed by atoms with E-state index in [9.17, 15) is 9.18 Å². The molecule has 0 unspecified atom stereocenters. The number of rotatable bonds is 2. The Morgan fingerprint density at radius 3 is 2.53 bits per heavy atom. The lowest BCUT2D eigenvalue weighted by molar-refractivity contribution is 0.103. The highest BCUT2D eigenvalue weighted by molar-refractivity contribution is 9.10. The van der Waals surface area contributed by atoms with Crippen LogP contribution >= 0.6 is 27.5 Å². The van der Waals surface area contributed by atoms with Gasteiger partial charge in [-0.3, -0.25) is 4.79 Å². The number of carbonyl (C=O) groups excluding carboxylic acids is 1. The largest absolute Gasteiger partial charge is 0.288 e. The van der Waals surface area contributed by atoms with Crippen LogP contribution in [0.15, 0.2) is 34.8 Å². The molecule has 0 aliphatic rings. The SMILES string of the molecule is Cc1cc(C(=O)c2cccc(Cl)c2F)c(C)cc1Br. The molecule has 19 heavy (non-hydrogen) atoms. The number of carbonyl (C=O) groups is 1. The van der Waals surface area contributed by atoms with E-state index in [2.05, 4.69) is 15.9 Å². The molecule has 0 radical (unpaired) electrons. The summed E-state index contributed by atoms with van der Waals surface area (Å²) >= 11 is 9.11. The summed E-state index contributed by atoms with van der Waals surface area (Å²) in [7, 11) is 0. The Labute approximate surface area is 124 Å². The minimum atomic E-state index is -0.672. The van der Waals surface area contributed by atoms with Gasteiger partial charge < -0.3 is 0 Å². The zero-order valence-corrected chi connectivity index (χ0v) is 12.8. The molecule has 1 nitrogen and oxygen atoms in total. The fourth-order valence-corrected chi connectivity index (χ4v) is 2.48. The third kappa shape index (κ3) is 2.72. The lowest BCUT2D eigenvalue weighted by Gasteiger charge is -2.09. The van der Waals surface area contributed by atoms with Gasteiger partial charge in [-0.25, -0.2) is 4.39 Å². The second-order valence-corrected chi connectivity index (χ2v) is 5.61. The molecule has 0 amide bonds. The summed E-state index contributed by atoms with van der Waals surface area (Å²) in [6.45, 7) is 3.70. The molecule has 0 heterocycles. The highest BCUT2D eigenvalue weighted by Gasteiger charge is 2.18. The van der Waals surface area contributed by atoms with E-state index in [1.54, 1.807) is 12.1 Å². The summed E-state index contributed by atoms with van der Waals surface area (Å²) in [4.78, 5) is 12.4. The lowest BCUT2D eigenvalue weighted by atomic mass is 9.97. The zero-order chi connectivity index (χ0) is 14.2. The first kappa shape index (κ1) is 14.2. The van der Waals surface area contributed by atoms with Gasteiger partial charge in [0.2, 0.25) is 0 Å². The van der Waals surface area contributed by atoms with Crippen LogP contribution in [0.4, 0.5) is 4.39 Å². The van der Waals surface area contributed by atoms with Crippen LogP contribution in [0.25, 0.3) is 0 Å². The van der Waals surface area contributed by atoms with Crippen molar-refractivity contribution in [2.24, 2.45) is 0 Å².